The highest BCUT2D eigenvalue weighted by Gasteiger charge is 2.56. The van der Waals surface area contributed by atoms with E-state index in [-0.39, 0.29) is 11.5 Å². The number of methoxy groups -OCH3 is 1. The summed E-state index contributed by atoms with van der Waals surface area (Å²) < 4.78 is 12.4. The summed E-state index contributed by atoms with van der Waals surface area (Å²) in [5.74, 6) is 1.27. The van der Waals surface area contributed by atoms with Gasteiger partial charge in [0, 0.05) is 0 Å². The maximum Gasteiger partial charge on any atom is 0.333 e. The van der Waals surface area contributed by atoms with E-state index in [1.165, 1.54) is 0 Å². The van der Waals surface area contributed by atoms with Crippen molar-refractivity contribution in [3.05, 3.63) is 52.2 Å². The molecular formula is C19H23N3O3. The summed E-state index contributed by atoms with van der Waals surface area (Å²) in [6.45, 7) is 6.13. The van der Waals surface area contributed by atoms with Crippen molar-refractivity contribution in [2.75, 3.05) is 7.11 Å². The minimum atomic E-state index is -0.522. The first-order valence-electron chi connectivity index (χ1n) is 8.67. The molecule has 3 heterocycles. The maximum atomic E-state index is 13.1. The van der Waals surface area contributed by atoms with E-state index >= 15 is 0 Å². The number of hydrogen-bond acceptors (Lipinski definition) is 5. The minimum absolute atomic E-state index is 0.0481. The Kier molecular flexibility index (Phi) is 3.51. The maximum absolute atomic E-state index is 13.1. The van der Waals surface area contributed by atoms with Gasteiger partial charge in [-0.25, -0.2) is 4.73 Å². The Hall–Kier alpha value is -2.21. The Morgan fingerprint density at radius 2 is 1.96 bits per heavy atom. The van der Waals surface area contributed by atoms with Crippen LogP contribution in [-0.2, 0) is 16.8 Å². The summed E-state index contributed by atoms with van der Waals surface area (Å²) in [5.41, 5.74) is 1.56. The van der Waals surface area contributed by atoms with E-state index in [0.717, 1.165) is 34.6 Å². The lowest BCUT2D eigenvalue weighted by atomic mass is 9.69. The van der Waals surface area contributed by atoms with Crippen LogP contribution < -0.4 is 9.47 Å². The van der Waals surface area contributed by atoms with Gasteiger partial charge in [0.25, 0.3) is 0 Å². The van der Waals surface area contributed by atoms with Crippen LogP contribution in [0, 0.1) is 5.21 Å². The predicted octanol–water partition coefficient (Wildman–Crippen LogP) is 2.61. The number of ether oxygens (including phenoxy) is 2. The van der Waals surface area contributed by atoms with Gasteiger partial charge in [0.15, 0.2) is 5.69 Å². The van der Waals surface area contributed by atoms with Crippen molar-refractivity contribution in [1.82, 2.24) is 10.2 Å². The van der Waals surface area contributed by atoms with Gasteiger partial charge in [-0.05, 0) is 56.4 Å². The van der Waals surface area contributed by atoms with Gasteiger partial charge in [0.1, 0.15) is 17.0 Å². The number of benzene rings is 1. The summed E-state index contributed by atoms with van der Waals surface area (Å²) in [4.78, 5) is 0. The molecule has 2 bridgehead atoms. The Bertz CT molecular complexity index is 819. The molecule has 1 fully saturated rings. The fourth-order valence-corrected chi connectivity index (χ4v) is 4.25. The summed E-state index contributed by atoms with van der Waals surface area (Å²) in [5, 5.41) is 21.7. The van der Waals surface area contributed by atoms with Crippen LogP contribution in [0.2, 0.25) is 0 Å². The zero-order chi connectivity index (χ0) is 17.8. The Labute approximate surface area is 147 Å². The summed E-state index contributed by atoms with van der Waals surface area (Å²) in [6.07, 6.45) is 2.26. The molecule has 1 aliphatic carbocycles. The van der Waals surface area contributed by atoms with Crippen LogP contribution in [0.3, 0.4) is 0 Å². The molecule has 5 rings (SSSR count). The van der Waals surface area contributed by atoms with Crippen molar-refractivity contribution in [3.8, 4) is 5.75 Å². The predicted molar refractivity (Wildman–Crippen MR) is 91.3 cm³/mol. The molecule has 0 saturated carbocycles. The van der Waals surface area contributed by atoms with Gasteiger partial charge < -0.3 is 14.7 Å². The molecule has 0 N–H and O–H groups in total. The second-order valence-corrected chi connectivity index (χ2v) is 7.70. The standard InChI is InChI=1S/C19H23N3O3/c1-18(2)14-9-10-19(3,25-18)17-16(14)22(23)15(20-21-17)11-12-5-7-13(24-4)8-6-12/h5-8,14H,9-11H2,1-4H3. The normalized spacial score (nSPS) is 26.3. The molecule has 0 spiro atoms. The molecule has 1 aromatic heterocycles. The monoisotopic (exact) mass is 341 g/mol. The molecule has 25 heavy (non-hydrogen) atoms. The lowest BCUT2D eigenvalue weighted by molar-refractivity contribution is -0.633. The highest BCUT2D eigenvalue weighted by atomic mass is 16.5. The summed E-state index contributed by atoms with van der Waals surface area (Å²) in [6, 6.07) is 7.66. The third kappa shape index (κ3) is 2.47. The average Bonchev–Trinajstić information content (AvgIpc) is 2.57. The number of nitrogens with zero attached hydrogens (tertiary/aromatic N) is 3. The smallest absolute Gasteiger partial charge is 0.333 e. The molecule has 132 valence electrons. The quantitative estimate of drug-likeness (QED) is 0.634. The van der Waals surface area contributed by atoms with E-state index in [0.29, 0.717) is 17.9 Å². The molecule has 0 radical (unpaired) electrons. The van der Waals surface area contributed by atoms with Crippen LogP contribution in [0.4, 0.5) is 0 Å². The van der Waals surface area contributed by atoms with Crippen molar-refractivity contribution < 1.29 is 14.2 Å². The van der Waals surface area contributed by atoms with Crippen molar-refractivity contribution in [3.63, 3.8) is 0 Å². The van der Waals surface area contributed by atoms with Crippen molar-refractivity contribution >= 4 is 0 Å². The lowest BCUT2D eigenvalue weighted by Crippen LogP contribution is -2.58. The van der Waals surface area contributed by atoms with Crippen LogP contribution in [0.15, 0.2) is 24.3 Å². The van der Waals surface area contributed by atoms with E-state index in [2.05, 4.69) is 24.0 Å². The Morgan fingerprint density at radius 3 is 2.60 bits per heavy atom. The van der Waals surface area contributed by atoms with Crippen molar-refractivity contribution in [2.45, 2.75) is 57.2 Å². The van der Waals surface area contributed by atoms with Gasteiger partial charge >= 0.3 is 5.82 Å². The minimum Gasteiger partial charge on any atom is -0.710 e. The molecule has 2 atom stereocenters. The second kappa shape index (κ2) is 5.39. The average molecular weight is 341 g/mol. The van der Waals surface area contributed by atoms with Crippen LogP contribution in [0.1, 0.15) is 62.3 Å². The number of aromatic nitrogens is 3. The molecule has 2 unspecified atom stereocenters. The van der Waals surface area contributed by atoms with E-state index < -0.39 is 5.60 Å². The van der Waals surface area contributed by atoms with Crippen LogP contribution in [0.25, 0.3) is 0 Å². The van der Waals surface area contributed by atoms with E-state index in [9.17, 15) is 5.21 Å². The molecule has 6 nitrogen and oxygen atoms in total. The van der Waals surface area contributed by atoms with E-state index in [1.807, 2.05) is 31.2 Å². The van der Waals surface area contributed by atoms with Gasteiger partial charge in [-0.1, -0.05) is 12.1 Å². The van der Waals surface area contributed by atoms with E-state index in [4.69, 9.17) is 9.47 Å². The SMILES string of the molecule is COc1ccc(Cc2nnc3c([n+]2[O-])C2CCC3(C)OC2(C)C)cc1. The van der Waals surface area contributed by atoms with Crippen LogP contribution in [-0.4, -0.2) is 22.9 Å². The molecule has 6 heteroatoms. The van der Waals surface area contributed by atoms with Gasteiger partial charge in [-0.15, -0.1) is 0 Å². The second-order valence-electron chi connectivity index (χ2n) is 7.70. The molecule has 2 aliphatic heterocycles. The first kappa shape index (κ1) is 16.3. The lowest BCUT2D eigenvalue weighted by Gasteiger charge is -2.52. The zero-order valence-electron chi connectivity index (χ0n) is 15.1. The van der Waals surface area contributed by atoms with Crippen molar-refractivity contribution in [2.24, 2.45) is 0 Å². The third-order valence-electron chi connectivity index (χ3n) is 5.55. The number of fused-ring (bicyclic) bond motifs is 2. The number of hydrogen-bond donors (Lipinski definition) is 0. The highest BCUT2D eigenvalue weighted by Crippen LogP contribution is 2.54. The molecule has 3 aliphatic rings. The Morgan fingerprint density at radius 1 is 1.24 bits per heavy atom. The molecule has 0 amide bonds. The highest BCUT2D eigenvalue weighted by molar-refractivity contribution is 5.30. The first-order chi connectivity index (χ1) is 11.8. The van der Waals surface area contributed by atoms with Gasteiger partial charge in [0.05, 0.1) is 30.1 Å². The van der Waals surface area contributed by atoms with Gasteiger partial charge in [0.2, 0.25) is 0 Å². The van der Waals surface area contributed by atoms with E-state index in [1.54, 1.807) is 7.11 Å². The Balaban J connectivity index is 1.74. The summed E-state index contributed by atoms with van der Waals surface area (Å²) >= 11 is 0. The van der Waals surface area contributed by atoms with Crippen LogP contribution in [0.5, 0.6) is 5.75 Å². The topological polar surface area (TPSA) is 71.2 Å². The molecule has 1 aromatic carbocycles. The fourth-order valence-electron chi connectivity index (χ4n) is 4.25. The molecule has 2 aromatic rings. The van der Waals surface area contributed by atoms with Gasteiger partial charge in [-0.2, -0.15) is 0 Å². The summed E-state index contributed by atoms with van der Waals surface area (Å²) in [7, 11) is 1.63. The van der Waals surface area contributed by atoms with Crippen molar-refractivity contribution in [1.29, 1.82) is 0 Å². The zero-order valence-corrected chi connectivity index (χ0v) is 15.1. The fraction of sp³-hybridized carbons (Fsp3) is 0.526. The largest absolute Gasteiger partial charge is 0.710 e. The molecular weight excluding hydrogens is 318 g/mol. The number of rotatable bonds is 3. The van der Waals surface area contributed by atoms with Crippen LogP contribution >= 0.6 is 0 Å². The van der Waals surface area contributed by atoms with Gasteiger partial charge in [-0.3, -0.25) is 0 Å². The molecule has 1 saturated heterocycles. The first-order valence-corrected chi connectivity index (χ1v) is 8.67. The third-order valence-corrected chi connectivity index (χ3v) is 5.55.